The Morgan fingerprint density at radius 3 is 2.28 bits per heavy atom. The van der Waals surface area contributed by atoms with Crippen molar-refractivity contribution in [3.8, 4) is 6.07 Å². The van der Waals surface area contributed by atoms with Crippen LogP contribution >= 0.6 is 0 Å². The molecule has 3 rings (SSSR count). The van der Waals surface area contributed by atoms with Gasteiger partial charge in [-0.15, -0.1) is 0 Å². The molecule has 1 unspecified atom stereocenters. The highest BCUT2D eigenvalue weighted by atomic mass is 16.1. The molecule has 0 radical (unpaired) electrons. The minimum Gasteiger partial charge on any atom is -0.294 e. The standard InChI is InChI=1S/C22H19NO2/c23-16-22(14-12-20(24)18-9-5-2-6-10-18)13-11-19(15-21(22)25)17-7-3-1-4-8-17/h1-10,15H,11-14H2. The first-order chi connectivity index (χ1) is 12.1. The Kier molecular flexibility index (Phi) is 4.90. The predicted molar refractivity (Wildman–Crippen MR) is 96.7 cm³/mol. The van der Waals surface area contributed by atoms with E-state index >= 15 is 0 Å². The molecule has 0 N–H and O–H groups in total. The first kappa shape index (κ1) is 16.9. The SMILES string of the molecule is N#CC1(CCC(=O)c2ccccc2)CCC(c2ccccc2)=CC1=O. The first-order valence-electron chi connectivity index (χ1n) is 8.44. The van der Waals surface area contributed by atoms with Gasteiger partial charge in [-0.3, -0.25) is 9.59 Å². The maximum Gasteiger partial charge on any atom is 0.176 e. The molecule has 0 spiro atoms. The van der Waals surface area contributed by atoms with Crippen LogP contribution in [0.2, 0.25) is 0 Å². The van der Waals surface area contributed by atoms with Gasteiger partial charge in [-0.1, -0.05) is 60.7 Å². The van der Waals surface area contributed by atoms with Crippen LogP contribution in [0.1, 0.15) is 41.6 Å². The van der Waals surface area contributed by atoms with Crippen LogP contribution < -0.4 is 0 Å². The molecule has 1 aliphatic rings. The number of hydrogen-bond donors (Lipinski definition) is 0. The molecule has 0 aliphatic heterocycles. The second kappa shape index (κ2) is 7.27. The zero-order chi connectivity index (χ0) is 17.7. The minimum atomic E-state index is -1.08. The van der Waals surface area contributed by atoms with Crippen molar-refractivity contribution in [2.75, 3.05) is 0 Å². The molecule has 3 heteroatoms. The Balaban J connectivity index is 1.74. The Bertz CT molecular complexity index is 847. The van der Waals surface area contributed by atoms with Crippen LogP contribution in [-0.4, -0.2) is 11.6 Å². The number of carbonyl (C=O) groups is 2. The fourth-order valence-electron chi connectivity index (χ4n) is 3.23. The highest BCUT2D eigenvalue weighted by molar-refractivity contribution is 6.04. The third-order valence-corrected chi connectivity index (χ3v) is 4.83. The number of Topliss-reactive ketones (excluding diaryl/α,β-unsaturated/α-hetero) is 1. The summed E-state index contributed by atoms with van der Waals surface area (Å²) in [6, 6.07) is 20.9. The van der Waals surface area contributed by atoms with Crippen LogP contribution in [0.5, 0.6) is 0 Å². The van der Waals surface area contributed by atoms with Gasteiger partial charge in [0.2, 0.25) is 0 Å². The molecule has 0 heterocycles. The van der Waals surface area contributed by atoms with E-state index in [0.717, 1.165) is 11.1 Å². The highest BCUT2D eigenvalue weighted by Crippen LogP contribution is 2.39. The Hall–Kier alpha value is -2.99. The van der Waals surface area contributed by atoms with E-state index in [9.17, 15) is 14.9 Å². The molecule has 0 bridgehead atoms. The largest absolute Gasteiger partial charge is 0.294 e. The predicted octanol–water partition coefficient (Wildman–Crippen LogP) is 4.61. The van der Waals surface area contributed by atoms with Crippen LogP contribution in [0.25, 0.3) is 5.57 Å². The molecule has 1 aliphatic carbocycles. The van der Waals surface area contributed by atoms with Crippen molar-refractivity contribution in [3.05, 3.63) is 77.9 Å². The van der Waals surface area contributed by atoms with E-state index < -0.39 is 5.41 Å². The zero-order valence-corrected chi connectivity index (χ0v) is 13.9. The Labute approximate surface area is 147 Å². The van der Waals surface area contributed by atoms with Crippen molar-refractivity contribution in [1.82, 2.24) is 0 Å². The van der Waals surface area contributed by atoms with E-state index in [1.807, 2.05) is 48.5 Å². The van der Waals surface area contributed by atoms with E-state index in [2.05, 4.69) is 6.07 Å². The van der Waals surface area contributed by atoms with Crippen LogP contribution in [0.15, 0.2) is 66.7 Å². The van der Waals surface area contributed by atoms with Crippen molar-refractivity contribution in [1.29, 1.82) is 5.26 Å². The Morgan fingerprint density at radius 1 is 1.04 bits per heavy atom. The van der Waals surface area contributed by atoms with Gasteiger partial charge in [0.05, 0.1) is 6.07 Å². The lowest BCUT2D eigenvalue weighted by Crippen LogP contribution is -2.32. The average Bonchev–Trinajstić information content (AvgIpc) is 2.68. The smallest absolute Gasteiger partial charge is 0.176 e. The summed E-state index contributed by atoms with van der Waals surface area (Å²) < 4.78 is 0. The lowest BCUT2D eigenvalue weighted by Gasteiger charge is -2.28. The van der Waals surface area contributed by atoms with Crippen LogP contribution in [0, 0.1) is 16.7 Å². The summed E-state index contributed by atoms with van der Waals surface area (Å²) in [6.45, 7) is 0. The zero-order valence-electron chi connectivity index (χ0n) is 13.9. The number of benzene rings is 2. The van der Waals surface area contributed by atoms with Gasteiger partial charge in [0.1, 0.15) is 5.41 Å². The highest BCUT2D eigenvalue weighted by Gasteiger charge is 2.40. The van der Waals surface area contributed by atoms with E-state index in [1.54, 1.807) is 18.2 Å². The van der Waals surface area contributed by atoms with Crippen molar-refractivity contribution in [3.63, 3.8) is 0 Å². The second-order valence-corrected chi connectivity index (χ2v) is 6.38. The van der Waals surface area contributed by atoms with Crippen molar-refractivity contribution < 1.29 is 9.59 Å². The van der Waals surface area contributed by atoms with Crippen molar-refractivity contribution >= 4 is 17.1 Å². The first-order valence-corrected chi connectivity index (χ1v) is 8.44. The van der Waals surface area contributed by atoms with Gasteiger partial charge in [-0.25, -0.2) is 0 Å². The molecular weight excluding hydrogens is 310 g/mol. The number of hydrogen-bond acceptors (Lipinski definition) is 3. The molecule has 0 aromatic heterocycles. The molecule has 0 saturated carbocycles. The number of rotatable bonds is 5. The lowest BCUT2D eigenvalue weighted by molar-refractivity contribution is -0.122. The fraction of sp³-hybridized carbons (Fsp3) is 0.227. The Morgan fingerprint density at radius 2 is 1.68 bits per heavy atom. The third kappa shape index (κ3) is 3.59. The van der Waals surface area contributed by atoms with Gasteiger partial charge >= 0.3 is 0 Å². The summed E-state index contributed by atoms with van der Waals surface area (Å²) >= 11 is 0. The third-order valence-electron chi connectivity index (χ3n) is 4.83. The second-order valence-electron chi connectivity index (χ2n) is 6.38. The number of allylic oxidation sites excluding steroid dienone is 2. The van der Waals surface area contributed by atoms with Crippen molar-refractivity contribution in [2.45, 2.75) is 25.7 Å². The monoisotopic (exact) mass is 329 g/mol. The fourth-order valence-corrected chi connectivity index (χ4v) is 3.23. The quantitative estimate of drug-likeness (QED) is 0.753. The maximum absolute atomic E-state index is 12.7. The van der Waals surface area contributed by atoms with Gasteiger partial charge < -0.3 is 0 Å². The minimum absolute atomic E-state index is 0.0270. The van der Waals surface area contributed by atoms with E-state index in [4.69, 9.17) is 0 Å². The number of carbonyl (C=O) groups excluding carboxylic acids is 2. The number of ketones is 2. The molecule has 0 fully saturated rings. The summed E-state index contributed by atoms with van der Waals surface area (Å²) in [5, 5.41) is 9.64. The summed E-state index contributed by atoms with van der Waals surface area (Å²) in [7, 11) is 0. The molecule has 0 saturated heterocycles. The summed E-state index contributed by atoms with van der Waals surface area (Å²) in [5.41, 5.74) is 1.52. The normalized spacial score (nSPS) is 19.8. The van der Waals surface area contributed by atoms with Crippen molar-refractivity contribution in [2.24, 2.45) is 5.41 Å². The molecule has 124 valence electrons. The van der Waals surface area contributed by atoms with Gasteiger partial charge in [0.25, 0.3) is 0 Å². The number of nitriles is 1. The average molecular weight is 329 g/mol. The van der Waals surface area contributed by atoms with Gasteiger partial charge in [-0.05, 0) is 36.5 Å². The van der Waals surface area contributed by atoms with Crippen LogP contribution in [0.3, 0.4) is 0 Å². The van der Waals surface area contributed by atoms with E-state index in [1.165, 1.54) is 0 Å². The summed E-state index contributed by atoms with van der Waals surface area (Å²) in [5.74, 6) is -0.207. The van der Waals surface area contributed by atoms with Gasteiger partial charge in [-0.2, -0.15) is 5.26 Å². The maximum atomic E-state index is 12.7. The summed E-state index contributed by atoms with van der Waals surface area (Å²) in [4.78, 5) is 25.0. The van der Waals surface area contributed by atoms with Gasteiger partial charge in [0.15, 0.2) is 11.6 Å². The molecule has 0 amide bonds. The molecule has 3 nitrogen and oxygen atoms in total. The molecular formula is C22H19NO2. The van der Waals surface area contributed by atoms with Gasteiger partial charge in [0, 0.05) is 12.0 Å². The topological polar surface area (TPSA) is 57.9 Å². The van der Waals surface area contributed by atoms with E-state index in [-0.39, 0.29) is 24.4 Å². The molecule has 1 atom stereocenters. The van der Waals surface area contributed by atoms with E-state index in [0.29, 0.717) is 18.4 Å². The van der Waals surface area contributed by atoms with Crippen LogP contribution in [0.4, 0.5) is 0 Å². The lowest BCUT2D eigenvalue weighted by atomic mass is 9.71. The molecule has 2 aromatic carbocycles. The molecule has 2 aromatic rings. The number of nitrogens with zero attached hydrogens (tertiary/aromatic N) is 1. The molecule has 25 heavy (non-hydrogen) atoms. The summed E-state index contributed by atoms with van der Waals surface area (Å²) in [6.07, 6.45) is 3.20. The van der Waals surface area contributed by atoms with Crippen LogP contribution in [-0.2, 0) is 4.79 Å².